The van der Waals surface area contributed by atoms with Crippen molar-refractivity contribution in [1.29, 1.82) is 0 Å². The van der Waals surface area contributed by atoms with Crippen LogP contribution in [0.15, 0.2) is 53.4 Å². The Hall–Kier alpha value is -2.45. The van der Waals surface area contributed by atoms with Gasteiger partial charge in [-0.05, 0) is 36.2 Å². The summed E-state index contributed by atoms with van der Waals surface area (Å²) in [4.78, 5) is 9.96. The lowest BCUT2D eigenvalue weighted by Crippen LogP contribution is -2.26. The molecule has 8 heteroatoms. The third-order valence-electron chi connectivity index (χ3n) is 3.04. The Balaban J connectivity index is 1.98. The van der Waals surface area contributed by atoms with Crippen molar-refractivity contribution in [2.24, 2.45) is 0 Å². The molecular weight excluding hydrogens is 306 g/mol. The molecule has 0 spiro atoms. The van der Waals surface area contributed by atoms with Crippen LogP contribution in [0, 0.1) is 10.1 Å². The van der Waals surface area contributed by atoms with Crippen LogP contribution in [0.4, 0.5) is 11.4 Å². The van der Waals surface area contributed by atoms with E-state index >= 15 is 0 Å². The Morgan fingerprint density at radius 2 is 1.64 bits per heavy atom. The van der Waals surface area contributed by atoms with Crippen LogP contribution in [0.3, 0.4) is 0 Å². The molecule has 0 radical (unpaired) electrons. The molecule has 0 aliphatic carbocycles. The van der Waals surface area contributed by atoms with Gasteiger partial charge >= 0.3 is 0 Å². The summed E-state index contributed by atoms with van der Waals surface area (Å²) in [6.07, 6.45) is 0.520. The number of non-ortho nitro benzene ring substituents is 1. The van der Waals surface area contributed by atoms with Gasteiger partial charge < -0.3 is 5.73 Å². The molecule has 116 valence electrons. The van der Waals surface area contributed by atoms with E-state index in [-0.39, 0.29) is 17.1 Å². The van der Waals surface area contributed by atoms with Gasteiger partial charge in [0.2, 0.25) is 10.0 Å². The highest BCUT2D eigenvalue weighted by Gasteiger charge is 2.15. The Labute approximate surface area is 128 Å². The minimum atomic E-state index is -3.68. The molecule has 0 unspecified atom stereocenters. The normalized spacial score (nSPS) is 11.3. The van der Waals surface area contributed by atoms with Crippen molar-refractivity contribution in [3.63, 3.8) is 0 Å². The van der Waals surface area contributed by atoms with Gasteiger partial charge in [-0.2, -0.15) is 0 Å². The molecule has 0 aliphatic heterocycles. The minimum Gasteiger partial charge on any atom is -0.399 e. The second-order valence-corrected chi connectivity index (χ2v) is 6.41. The molecular formula is C14H15N3O4S. The number of nitrogens with one attached hydrogen (secondary N) is 1. The van der Waals surface area contributed by atoms with Crippen molar-refractivity contribution >= 4 is 21.4 Å². The number of nitro benzene ring substituents is 1. The van der Waals surface area contributed by atoms with Crippen molar-refractivity contribution in [2.75, 3.05) is 12.3 Å². The summed E-state index contributed by atoms with van der Waals surface area (Å²) in [6, 6.07) is 11.9. The third kappa shape index (κ3) is 4.03. The summed E-state index contributed by atoms with van der Waals surface area (Å²) in [5.74, 6) is 0. The summed E-state index contributed by atoms with van der Waals surface area (Å²) in [5.41, 5.74) is 7.03. The number of nitrogens with two attached hydrogens (primary N) is 1. The molecule has 22 heavy (non-hydrogen) atoms. The van der Waals surface area contributed by atoms with Crippen molar-refractivity contribution in [3.8, 4) is 0 Å². The molecule has 7 nitrogen and oxygen atoms in total. The Kier molecular flexibility index (Phi) is 4.74. The van der Waals surface area contributed by atoms with E-state index < -0.39 is 14.9 Å². The first-order chi connectivity index (χ1) is 10.4. The number of nitro groups is 1. The van der Waals surface area contributed by atoms with Crippen LogP contribution in [-0.4, -0.2) is 19.9 Å². The Morgan fingerprint density at radius 1 is 1.05 bits per heavy atom. The SMILES string of the molecule is Nc1ccc(CCNS(=O)(=O)c2ccc([N+](=O)[O-])cc2)cc1. The predicted octanol–water partition coefficient (Wildman–Crippen LogP) is 1.70. The van der Waals surface area contributed by atoms with Crippen LogP contribution in [0.1, 0.15) is 5.56 Å². The zero-order valence-corrected chi connectivity index (χ0v) is 12.4. The fraction of sp³-hybridized carbons (Fsp3) is 0.143. The van der Waals surface area contributed by atoms with Gasteiger partial charge in [0.1, 0.15) is 0 Å². The molecule has 0 atom stereocenters. The van der Waals surface area contributed by atoms with Crippen LogP contribution in [-0.2, 0) is 16.4 Å². The molecule has 0 fully saturated rings. The zero-order chi connectivity index (χ0) is 16.2. The predicted molar refractivity (Wildman–Crippen MR) is 82.8 cm³/mol. The quantitative estimate of drug-likeness (QED) is 0.477. The highest BCUT2D eigenvalue weighted by Crippen LogP contribution is 2.15. The smallest absolute Gasteiger partial charge is 0.269 e. The molecule has 0 saturated carbocycles. The highest BCUT2D eigenvalue weighted by atomic mass is 32.2. The number of nitrogen functional groups attached to an aromatic ring is 1. The van der Waals surface area contributed by atoms with Crippen molar-refractivity contribution in [1.82, 2.24) is 4.72 Å². The van der Waals surface area contributed by atoms with E-state index in [1.165, 1.54) is 12.1 Å². The Morgan fingerprint density at radius 3 is 2.18 bits per heavy atom. The fourth-order valence-electron chi connectivity index (χ4n) is 1.84. The number of hydrogen-bond acceptors (Lipinski definition) is 5. The molecule has 2 aromatic rings. The van der Waals surface area contributed by atoms with E-state index in [1.807, 2.05) is 12.1 Å². The second kappa shape index (κ2) is 6.54. The molecule has 0 saturated heterocycles. The molecule has 2 aromatic carbocycles. The number of sulfonamides is 1. The fourth-order valence-corrected chi connectivity index (χ4v) is 2.88. The van der Waals surface area contributed by atoms with E-state index in [2.05, 4.69) is 4.72 Å². The van der Waals surface area contributed by atoms with Gasteiger partial charge in [0.05, 0.1) is 9.82 Å². The van der Waals surface area contributed by atoms with Crippen LogP contribution < -0.4 is 10.5 Å². The van der Waals surface area contributed by atoms with E-state index in [9.17, 15) is 18.5 Å². The topological polar surface area (TPSA) is 115 Å². The summed E-state index contributed by atoms with van der Waals surface area (Å²) >= 11 is 0. The zero-order valence-electron chi connectivity index (χ0n) is 11.6. The van der Waals surface area contributed by atoms with Gasteiger partial charge in [-0.1, -0.05) is 12.1 Å². The summed E-state index contributed by atoms with van der Waals surface area (Å²) in [7, 11) is -3.68. The number of anilines is 1. The van der Waals surface area contributed by atoms with Gasteiger partial charge in [-0.15, -0.1) is 0 Å². The average molecular weight is 321 g/mol. The molecule has 0 bridgehead atoms. The molecule has 3 N–H and O–H groups in total. The monoisotopic (exact) mass is 321 g/mol. The van der Waals surface area contributed by atoms with Crippen LogP contribution in [0.5, 0.6) is 0 Å². The van der Waals surface area contributed by atoms with Crippen LogP contribution in [0.2, 0.25) is 0 Å². The number of nitrogens with zero attached hydrogens (tertiary/aromatic N) is 1. The standard InChI is InChI=1S/C14H15N3O4S/c15-12-3-1-11(2-4-12)9-10-16-22(20,21)14-7-5-13(6-8-14)17(18)19/h1-8,16H,9-10,15H2. The lowest BCUT2D eigenvalue weighted by atomic mass is 10.1. The van der Waals surface area contributed by atoms with Gasteiger partial charge in [-0.3, -0.25) is 10.1 Å². The second-order valence-electron chi connectivity index (χ2n) is 4.64. The van der Waals surface area contributed by atoms with E-state index in [0.29, 0.717) is 12.1 Å². The first kappa shape index (κ1) is 15.9. The molecule has 0 heterocycles. The summed E-state index contributed by atoms with van der Waals surface area (Å²) in [6.45, 7) is 0.225. The maximum Gasteiger partial charge on any atom is 0.269 e. The number of rotatable bonds is 6. The Bertz CT molecular complexity index is 756. The number of hydrogen-bond donors (Lipinski definition) is 2. The maximum absolute atomic E-state index is 12.1. The van der Waals surface area contributed by atoms with Gasteiger partial charge in [0.15, 0.2) is 0 Å². The maximum atomic E-state index is 12.1. The first-order valence-corrected chi connectivity index (χ1v) is 7.95. The van der Waals surface area contributed by atoms with Crippen molar-refractivity contribution < 1.29 is 13.3 Å². The third-order valence-corrected chi connectivity index (χ3v) is 4.52. The molecule has 0 amide bonds. The largest absolute Gasteiger partial charge is 0.399 e. The summed E-state index contributed by atoms with van der Waals surface area (Å²) < 4.78 is 26.6. The van der Waals surface area contributed by atoms with Crippen LogP contribution >= 0.6 is 0 Å². The lowest BCUT2D eigenvalue weighted by molar-refractivity contribution is -0.384. The first-order valence-electron chi connectivity index (χ1n) is 6.47. The van der Waals surface area contributed by atoms with E-state index in [0.717, 1.165) is 17.7 Å². The summed E-state index contributed by atoms with van der Waals surface area (Å²) in [5, 5.41) is 10.5. The van der Waals surface area contributed by atoms with Gasteiger partial charge in [0.25, 0.3) is 5.69 Å². The van der Waals surface area contributed by atoms with Gasteiger partial charge in [-0.25, -0.2) is 13.1 Å². The molecule has 2 rings (SSSR count). The lowest BCUT2D eigenvalue weighted by Gasteiger charge is -2.07. The van der Waals surface area contributed by atoms with Crippen molar-refractivity contribution in [3.05, 3.63) is 64.2 Å². The highest BCUT2D eigenvalue weighted by molar-refractivity contribution is 7.89. The molecule has 0 aliphatic rings. The van der Waals surface area contributed by atoms with Crippen LogP contribution in [0.25, 0.3) is 0 Å². The molecule has 0 aromatic heterocycles. The number of benzene rings is 2. The van der Waals surface area contributed by atoms with Gasteiger partial charge in [0, 0.05) is 24.4 Å². The minimum absolute atomic E-state index is 0.00425. The average Bonchev–Trinajstić information content (AvgIpc) is 2.49. The van der Waals surface area contributed by atoms with E-state index in [4.69, 9.17) is 5.73 Å². The van der Waals surface area contributed by atoms with E-state index in [1.54, 1.807) is 12.1 Å². The van der Waals surface area contributed by atoms with Crippen molar-refractivity contribution in [2.45, 2.75) is 11.3 Å².